The summed E-state index contributed by atoms with van der Waals surface area (Å²) in [5.41, 5.74) is 9.49. The fourth-order valence-electron chi connectivity index (χ4n) is 1.66. The van der Waals surface area contributed by atoms with Crippen molar-refractivity contribution in [3.8, 4) is 5.75 Å². The van der Waals surface area contributed by atoms with Crippen LogP contribution in [-0.2, 0) is 0 Å². The van der Waals surface area contributed by atoms with Gasteiger partial charge in [0, 0.05) is 17.1 Å². The van der Waals surface area contributed by atoms with Gasteiger partial charge in [-0.3, -0.25) is 0 Å². The average Bonchev–Trinajstić information content (AvgIpc) is 2.34. The monoisotopic (exact) mass is 262 g/mol. The van der Waals surface area contributed by atoms with E-state index in [1.807, 2.05) is 43.3 Å². The summed E-state index contributed by atoms with van der Waals surface area (Å²) >= 11 is 6.07. The van der Waals surface area contributed by atoms with E-state index >= 15 is 0 Å². The number of methoxy groups -OCH3 is 1. The van der Waals surface area contributed by atoms with Gasteiger partial charge >= 0.3 is 0 Å². The van der Waals surface area contributed by atoms with Crippen molar-refractivity contribution < 1.29 is 4.74 Å². The molecule has 18 heavy (non-hydrogen) atoms. The predicted molar refractivity (Wildman–Crippen MR) is 76.9 cm³/mol. The Bertz CT molecular complexity index is 570. The van der Waals surface area contributed by atoms with Gasteiger partial charge in [-0.25, -0.2) is 0 Å². The first-order valence-corrected chi connectivity index (χ1v) is 5.94. The Hall–Kier alpha value is -1.87. The number of ether oxygens (including phenoxy) is 1. The van der Waals surface area contributed by atoms with Gasteiger partial charge in [-0.15, -0.1) is 0 Å². The van der Waals surface area contributed by atoms with E-state index in [0.29, 0.717) is 10.8 Å². The van der Waals surface area contributed by atoms with Gasteiger partial charge in [0.2, 0.25) is 0 Å². The number of benzene rings is 2. The van der Waals surface area contributed by atoms with E-state index in [2.05, 4.69) is 5.32 Å². The van der Waals surface area contributed by atoms with Gasteiger partial charge in [0.05, 0.1) is 12.1 Å². The van der Waals surface area contributed by atoms with Crippen molar-refractivity contribution in [3.63, 3.8) is 0 Å². The van der Waals surface area contributed by atoms with Gasteiger partial charge in [-0.2, -0.15) is 0 Å². The number of aryl methyl sites for hydroxylation is 1. The molecule has 0 unspecified atom stereocenters. The molecule has 94 valence electrons. The van der Waals surface area contributed by atoms with Crippen molar-refractivity contribution >= 4 is 28.7 Å². The smallest absolute Gasteiger partial charge is 0.137 e. The largest absolute Gasteiger partial charge is 0.495 e. The molecular weight excluding hydrogens is 248 g/mol. The summed E-state index contributed by atoms with van der Waals surface area (Å²) in [5.74, 6) is 0.663. The molecule has 2 aromatic carbocycles. The Kier molecular flexibility index (Phi) is 3.63. The Morgan fingerprint density at radius 2 is 1.78 bits per heavy atom. The molecule has 4 heteroatoms. The van der Waals surface area contributed by atoms with E-state index in [0.717, 1.165) is 22.6 Å². The lowest BCUT2D eigenvalue weighted by atomic mass is 10.2. The minimum absolute atomic E-state index is 0.578. The standard InChI is InChI=1S/C14H15ClN2O/c1-9-7-10(3-5-13(9)16)17-11-4-6-14(18-2)12(15)8-11/h3-8,17H,16H2,1-2H3. The highest BCUT2D eigenvalue weighted by molar-refractivity contribution is 6.32. The Labute approximate surface area is 112 Å². The van der Waals surface area contributed by atoms with Crippen LogP contribution in [0.3, 0.4) is 0 Å². The SMILES string of the molecule is COc1ccc(Nc2ccc(N)c(C)c2)cc1Cl. The molecule has 0 fully saturated rings. The van der Waals surface area contributed by atoms with Gasteiger partial charge in [0.25, 0.3) is 0 Å². The Morgan fingerprint density at radius 3 is 2.39 bits per heavy atom. The Balaban J connectivity index is 2.23. The van der Waals surface area contributed by atoms with Crippen molar-refractivity contribution in [1.29, 1.82) is 0 Å². The van der Waals surface area contributed by atoms with E-state index in [1.165, 1.54) is 0 Å². The molecular formula is C14H15ClN2O. The van der Waals surface area contributed by atoms with Crippen molar-refractivity contribution in [2.45, 2.75) is 6.92 Å². The highest BCUT2D eigenvalue weighted by Crippen LogP contribution is 2.29. The highest BCUT2D eigenvalue weighted by Gasteiger charge is 2.02. The second kappa shape index (κ2) is 5.19. The summed E-state index contributed by atoms with van der Waals surface area (Å²) in [6, 6.07) is 11.4. The molecule has 2 aromatic rings. The first-order valence-electron chi connectivity index (χ1n) is 5.57. The van der Waals surface area contributed by atoms with Crippen LogP contribution in [0.5, 0.6) is 5.75 Å². The second-order valence-electron chi connectivity index (χ2n) is 4.05. The molecule has 3 N–H and O–H groups in total. The third-order valence-electron chi connectivity index (χ3n) is 2.71. The number of hydrogen-bond acceptors (Lipinski definition) is 3. The molecule has 0 aliphatic rings. The van der Waals surface area contributed by atoms with Gasteiger partial charge in [-0.1, -0.05) is 11.6 Å². The van der Waals surface area contributed by atoms with Crippen LogP contribution in [0.1, 0.15) is 5.56 Å². The van der Waals surface area contributed by atoms with Crippen LogP contribution in [0, 0.1) is 6.92 Å². The lowest BCUT2D eigenvalue weighted by molar-refractivity contribution is 0.415. The summed E-state index contributed by atoms with van der Waals surface area (Å²) < 4.78 is 5.11. The van der Waals surface area contributed by atoms with Gasteiger partial charge in [0.1, 0.15) is 5.75 Å². The van der Waals surface area contributed by atoms with Crippen molar-refractivity contribution in [2.24, 2.45) is 0 Å². The summed E-state index contributed by atoms with van der Waals surface area (Å²) in [4.78, 5) is 0. The molecule has 2 rings (SSSR count). The third kappa shape index (κ3) is 2.68. The van der Waals surface area contributed by atoms with E-state index in [1.54, 1.807) is 7.11 Å². The van der Waals surface area contributed by atoms with Gasteiger partial charge in [0.15, 0.2) is 0 Å². The lowest BCUT2D eigenvalue weighted by Crippen LogP contribution is -1.94. The summed E-state index contributed by atoms with van der Waals surface area (Å²) in [5, 5.41) is 3.85. The molecule has 3 nitrogen and oxygen atoms in total. The Morgan fingerprint density at radius 1 is 1.11 bits per heavy atom. The molecule has 0 spiro atoms. The maximum atomic E-state index is 6.07. The molecule has 0 bridgehead atoms. The molecule has 0 saturated carbocycles. The van der Waals surface area contributed by atoms with Crippen LogP contribution >= 0.6 is 11.6 Å². The number of hydrogen-bond donors (Lipinski definition) is 2. The third-order valence-corrected chi connectivity index (χ3v) is 3.01. The zero-order valence-corrected chi connectivity index (χ0v) is 11.1. The molecule has 0 aliphatic carbocycles. The van der Waals surface area contributed by atoms with Crippen LogP contribution in [0.15, 0.2) is 36.4 Å². The number of nitrogen functional groups attached to an aromatic ring is 1. The number of nitrogens with one attached hydrogen (secondary N) is 1. The molecule has 0 radical (unpaired) electrons. The first-order chi connectivity index (χ1) is 8.60. The second-order valence-corrected chi connectivity index (χ2v) is 4.45. The highest BCUT2D eigenvalue weighted by atomic mass is 35.5. The number of nitrogens with two attached hydrogens (primary N) is 1. The quantitative estimate of drug-likeness (QED) is 0.823. The first kappa shape index (κ1) is 12.6. The number of anilines is 3. The zero-order chi connectivity index (χ0) is 13.1. The van der Waals surface area contributed by atoms with Crippen LogP contribution < -0.4 is 15.8 Å². The molecule has 0 aliphatic heterocycles. The van der Waals surface area contributed by atoms with E-state index in [-0.39, 0.29) is 0 Å². The minimum Gasteiger partial charge on any atom is -0.495 e. The molecule has 0 amide bonds. The summed E-state index contributed by atoms with van der Waals surface area (Å²) in [6.07, 6.45) is 0. The van der Waals surface area contributed by atoms with E-state index in [4.69, 9.17) is 22.1 Å². The van der Waals surface area contributed by atoms with E-state index in [9.17, 15) is 0 Å². The fraction of sp³-hybridized carbons (Fsp3) is 0.143. The van der Waals surface area contributed by atoms with Crippen LogP contribution in [-0.4, -0.2) is 7.11 Å². The lowest BCUT2D eigenvalue weighted by Gasteiger charge is -2.10. The van der Waals surface area contributed by atoms with Crippen LogP contribution in [0.4, 0.5) is 17.1 Å². The predicted octanol–water partition coefficient (Wildman–Crippen LogP) is 3.98. The summed E-state index contributed by atoms with van der Waals surface area (Å²) in [6.45, 7) is 1.97. The van der Waals surface area contributed by atoms with Crippen molar-refractivity contribution in [2.75, 3.05) is 18.2 Å². The maximum Gasteiger partial charge on any atom is 0.137 e. The fourth-order valence-corrected chi connectivity index (χ4v) is 1.92. The molecule has 0 saturated heterocycles. The normalized spacial score (nSPS) is 10.2. The van der Waals surface area contributed by atoms with Crippen LogP contribution in [0.25, 0.3) is 0 Å². The van der Waals surface area contributed by atoms with Gasteiger partial charge < -0.3 is 15.8 Å². The van der Waals surface area contributed by atoms with Crippen molar-refractivity contribution in [3.05, 3.63) is 47.0 Å². The summed E-state index contributed by atoms with van der Waals surface area (Å²) in [7, 11) is 1.59. The zero-order valence-electron chi connectivity index (χ0n) is 10.3. The molecule has 0 aromatic heterocycles. The minimum atomic E-state index is 0.578. The van der Waals surface area contributed by atoms with E-state index < -0.39 is 0 Å². The molecule has 0 heterocycles. The average molecular weight is 263 g/mol. The van der Waals surface area contributed by atoms with Gasteiger partial charge in [-0.05, 0) is 48.9 Å². The molecule has 0 atom stereocenters. The maximum absolute atomic E-state index is 6.07. The number of rotatable bonds is 3. The topological polar surface area (TPSA) is 47.3 Å². The van der Waals surface area contributed by atoms with Crippen LogP contribution in [0.2, 0.25) is 5.02 Å². The number of halogens is 1. The van der Waals surface area contributed by atoms with Crippen molar-refractivity contribution in [1.82, 2.24) is 0 Å².